The molecule has 0 unspecified atom stereocenters. The highest BCUT2D eigenvalue weighted by molar-refractivity contribution is 5.34. The van der Waals surface area contributed by atoms with Gasteiger partial charge in [0, 0.05) is 11.0 Å². The second-order valence-corrected chi connectivity index (χ2v) is 4.78. The maximum atomic E-state index is 13.9. The number of rotatable bonds is 3. The first-order chi connectivity index (χ1) is 7.59. The van der Waals surface area contributed by atoms with Gasteiger partial charge in [0.15, 0.2) is 0 Å². The van der Waals surface area contributed by atoms with Crippen LogP contribution in [0.4, 0.5) is 8.78 Å². The van der Waals surface area contributed by atoms with Gasteiger partial charge < -0.3 is 5.73 Å². The van der Waals surface area contributed by atoms with Crippen LogP contribution in [-0.4, -0.2) is 6.54 Å². The molecule has 1 fully saturated rings. The molecule has 1 nitrogen and oxygen atoms in total. The van der Waals surface area contributed by atoms with E-state index < -0.39 is 11.6 Å². The van der Waals surface area contributed by atoms with Gasteiger partial charge in [-0.3, -0.25) is 0 Å². The van der Waals surface area contributed by atoms with Crippen molar-refractivity contribution in [2.24, 2.45) is 5.73 Å². The number of aryl methyl sites for hydroxylation is 1. The van der Waals surface area contributed by atoms with E-state index in [1.807, 2.05) is 0 Å². The standard InChI is InChI=1S/C13H17F2N/c1-9-7-10(14)12(11(15)8-9)13(5-6-16)3-2-4-13/h7-8H,2-6,16H2,1H3. The van der Waals surface area contributed by atoms with Gasteiger partial charge in [-0.2, -0.15) is 0 Å². The number of hydrogen-bond donors (Lipinski definition) is 1. The molecule has 2 N–H and O–H groups in total. The number of benzene rings is 1. The zero-order valence-corrected chi connectivity index (χ0v) is 9.52. The molecule has 0 heterocycles. The fourth-order valence-electron chi connectivity index (χ4n) is 2.71. The molecule has 0 aliphatic heterocycles. The Hall–Kier alpha value is -0.960. The molecule has 0 saturated heterocycles. The van der Waals surface area contributed by atoms with E-state index in [1.54, 1.807) is 6.92 Å². The number of halogens is 2. The van der Waals surface area contributed by atoms with Gasteiger partial charge in [-0.15, -0.1) is 0 Å². The molecule has 1 aliphatic carbocycles. The monoisotopic (exact) mass is 225 g/mol. The average Bonchev–Trinajstić information content (AvgIpc) is 2.12. The SMILES string of the molecule is Cc1cc(F)c(C2(CCN)CCC2)c(F)c1. The smallest absolute Gasteiger partial charge is 0.130 e. The van der Waals surface area contributed by atoms with Crippen LogP contribution in [-0.2, 0) is 5.41 Å². The van der Waals surface area contributed by atoms with Crippen LogP contribution in [0.3, 0.4) is 0 Å². The molecule has 0 amide bonds. The van der Waals surface area contributed by atoms with Crippen LogP contribution in [0, 0.1) is 18.6 Å². The fraction of sp³-hybridized carbons (Fsp3) is 0.538. The average molecular weight is 225 g/mol. The molecule has 0 aromatic heterocycles. The second-order valence-electron chi connectivity index (χ2n) is 4.78. The molecule has 16 heavy (non-hydrogen) atoms. The molecule has 88 valence electrons. The van der Waals surface area contributed by atoms with Crippen molar-refractivity contribution < 1.29 is 8.78 Å². The van der Waals surface area contributed by atoms with Crippen LogP contribution in [0.2, 0.25) is 0 Å². The predicted molar refractivity (Wildman–Crippen MR) is 60.3 cm³/mol. The van der Waals surface area contributed by atoms with Gasteiger partial charge in [0.1, 0.15) is 11.6 Å². The Labute approximate surface area is 94.7 Å². The lowest BCUT2D eigenvalue weighted by atomic mass is 9.62. The van der Waals surface area contributed by atoms with Crippen LogP contribution in [0.25, 0.3) is 0 Å². The summed E-state index contributed by atoms with van der Waals surface area (Å²) in [7, 11) is 0. The lowest BCUT2D eigenvalue weighted by Gasteiger charge is -2.42. The quantitative estimate of drug-likeness (QED) is 0.840. The van der Waals surface area contributed by atoms with E-state index in [1.165, 1.54) is 12.1 Å². The molecule has 0 atom stereocenters. The van der Waals surface area contributed by atoms with Crippen molar-refractivity contribution in [2.45, 2.75) is 38.0 Å². The molecule has 2 rings (SSSR count). The summed E-state index contributed by atoms with van der Waals surface area (Å²) in [6, 6.07) is 2.82. The molecular weight excluding hydrogens is 208 g/mol. The fourth-order valence-corrected chi connectivity index (χ4v) is 2.71. The van der Waals surface area contributed by atoms with Crippen LogP contribution in [0.1, 0.15) is 36.8 Å². The minimum atomic E-state index is -0.411. The molecule has 0 bridgehead atoms. The highest BCUT2D eigenvalue weighted by Crippen LogP contribution is 2.48. The Morgan fingerprint density at radius 3 is 2.19 bits per heavy atom. The molecule has 1 saturated carbocycles. The number of nitrogens with two attached hydrogens (primary N) is 1. The molecule has 1 aromatic rings. The Morgan fingerprint density at radius 1 is 1.25 bits per heavy atom. The van der Waals surface area contributed by atoms with E-state index in [2.05, 4.69) is 0 Å². The van der Waals surface area contributed by atoms with E-state index in [0.717, 1.165) is 19.3 Å². The van der Waals surface area contributed by atoms with Crippen LogP contribution in [0.5, 0.6) is 0 Å². The van der Waals surface area contributed by atoms with E-state index in [4.69, 9.17) is 5.73 Å². The first-order valence-corrected chi connectivity index (χ1v) is 5.75. The van der Waals surface area contributed by atoms with Gasteiger partial charge >= 0.3 is 0 Å². The third-order valence-electron chi connectivity index (χ3n) is 3.65. The van der Waals surface area contributed by atoms with Crippen molar-refractivity contribution >= 4 is 0 Å². The van der Waals surface area contributed by atoms with Crippen LogP contribution in [0.15, 0.2) is 12.1 Å². The molecule has 0 spiro atoms. The topological polar surface area (TPSA) is 26.0 Å². The highest BCUT2D eigenvalue weighted by atomic mass is 19.1. The number of hydrogen-bond acceptors (Lipinski definition) is 1. The second kappa shape index (κ2) is 4.13. The summed E-state index contributed by atoms with van der Waals surface area (Å²) in [5, 5.41) is 0. The summed E-state index contributed by atoms with van der Waals surface area (Å²) in [5.74, 6) is -0.823. The van der Waals surface area contributed by atoms with Crippen molar-refractivity contribution in [1.82, 2.24) is 0 Å². The summed E-state index contributed by atoms with van der Waals surface area (Å²) in [6.07, 6.45) is 3.40. The lowest BCUT2D eigenvalue weighted by Crippen LogP contribution is -2.38. The Balaban J connectivity index is 2.46. The third-order valence-corrected chi connectivity index (χ3v) is 3.65. The first-order valence-electron chi connectivity index (χ1n) is 5.75. The van der Waals surface area contributed by atoms with Crippen molar-refractivity contribution in [1.29, 1.82) is 0 Å². The van der Waals surface area contributed by atoms with E-state index >= 15 is 0 Å². The minimum absolute atomic E-state index is 0.259. The zero-order chi connectivity index (χ0) is 11.8. The van der Waals surface area contributed by atoms with Gasteiger partial charge in [-0.1, -0.05) is 6.42 Å². The van der Waals surface area contributed by atoms with E-state index in [9.17, 15) is 8.78 Å². The van der Waals surface area contributed by atoms with Crippen LogP contribution < -0.4 is 5.73 Å². The Bertz CT molecular complexity index is 374. The van der Waals surface area contributed by atoms with Gasteiger partial charge in [0.2, 0.25) is 0 Å². The molecule has 3 heteroatoms. The Morgan fingerprint density at radius 2 is 1.81 bits per heavy atom. The summed E-state index contributed by atoms with van der Waals surface area (Å²) < 4.78 is 27.7. The predicted octanol–water partition coefficient (Wildman–Crippen LogP) is 3.04. The molecular formula is C13H17F2N. The van der Waals surface area contributed by atoms with Gasteiger partial charge in [0.05, 0.1) is 0 Å². The maximum Gasteiger partial charge on any atom is 0.130 e. The van der Waals surface area contributed by atoms with Gasteiger partial charge in [-0.05, 0) is 50.4 Å². The molecule has 0 radical (unpaired) electrons. The van der Waals surface area contributed by atoms with Gasteiger partial charge in [0.25, 0.3) is 0 Å². The van der Waals surface area contributed by atoms with Crippen molar-refractivity contribution in [3.05, 3.63) is 34.9 Å². The summed E-state index contributed by atoms with van der Waals surface area (Å²) in [5.41, 5.74) is 6.09. The minimum Gasteiger partial charge on any atom is -0.330 e. The van der Waals surface area contributed by atoms with Crippen molar-refractivity contribution in [2.75, 3.05) is 6.54 Å². The largest absolute Gasteiger partial charge is 0.330 e. The molecule has 1 aromatic carbocycles. The van der Waals surface area contributed by atoms with Crippen LogP contribution >= 0.6 is 0 Å². The van der Waals surface area contributed by atoms with Crippen molar-refractivity contribution in [3.8, 4) is 0 Å². The Kier molecular flexibility index (Phi) is 2.98. The summed E-state index contributed by atoms with van der Waals surface area (Å²) in [6.45, 7) is 2.18. The lowest BCUT2D eigenvalue weighted by molar-refractivity contribution is 0.213. The van der Waals surface area contributed by atoms with Crippen molar-refractivity contribution in [3.63, 3.8) is 0 Å². The highest BCUT2D eigenvalue weighted by Gasteiger charge is 2.41. The maximum absolute atomic E-state index is 13.9. The van der Waals surface area contributed by atoms with Gasteiger partial charge in [-0.25, -0.2) is 8.78 Å². The zero-order valence-electron chi connectivity index (χ0n) is 9.52. The van der Waals surface area contributed by atoms with E-state index in [-0.39, 0.29) is 11.0 Å². The normalized spacial score (nSPS) is 18.2. The molecule has 1 aliphatic rings. The summed E-state index contributed by atoms with van der Waals surface area (Å²) >= 11 is 0. The summed E-state index contributed by atoms with van der Waals surface area (Å²) in [4.78, 5) is 0. The van der Waals surface area contributed by atoms with E-state index in [0.29, 0.717) is 18.5 Å². The third kappa shape index (κ3) is 1.73. The first kappa shape index (κ1) is 11.5.